The Balaban J connectivity index is 2.02. The predicted molar refractivity (Wildman–Crippen MR) is 77.6 cm³/mol. The van der Waals surface area contributed by atoms with Crippen LogP contribution in [0.3, 0.4) is 0 Å². The highest BCUT2D eigenvalue weighted by atomic mass is 19.1. The van der Waals surface area contributed by atoms with E-state index in [4.69, 9.17) is 0 Å². The highest BCUT2D eigenvalue weighted by Gasteiger charge is 2.06. The van der Waals surface area contributed by atoms with Gasteiger partial charge in [0.25, 0.3) is 0 Å². The molecule has 0 radical (unpaired) electrons. The van der Waals surface area contributed by atoms with Gasteiger partial charge in [-0.15, -0.1) is 0 Å². The number of aryl methyl sites for hydroxylation is 2. The first kappa shape index (κ1) is 13.8. The van der Waals surface area contributed by atoms with Gasteiger partial charge in [0.05, 0.1) is 0 Å². The molecule has 1 nitrogen and oxygen atoms in total. The second-order valence-corrected chi connectivity index (χ2v) is 5.09. The van der Waals surface area contributed by atoms with Crippen molar-refractivity contribution in [2.75, 3.05) is 0 Å². The van der Waals surface area contributed by atoms with E-state index < -0.39 is 0 Å². The molecule has 0 bridgehead atoms. The third kappa shape index (κ3) is 3.65. The molecule has 0 heterocycles. The molecule has 0 amide bonds. The molecular formula is C17H20FN. The first-order valence-corrected chi connectivity index (χ1v) is 6.61. The molecule has 0 fully saturated rings. The lowest BCUT2D eigenvalue weighted by atomic mass is 10.0. The van der Waals surface area contributed by atoms with Crippen molar-refractivity contribution in [2.24, 2.45) is 0 Å². The summed E-state index contributed by atoms with van der Waals surface area (Å²) in [6.45, 7) is 7.07. The van der Waals surface area contributed by atoms with Gasteiger partial charge in [0, 0.05) is 12.6 Å². The lowest BCUT2D eigenvalue weighted by Crippen LogP contribution is -2.18. The summed E-state index contributed by atoms with van der Waals surface area (Å²) in [7, 11) is 0. The number of nitrogens with one attached hydrogen (secondary N) is 1. The average molecular weight is 257 g/mol. The zero-order valence-corrected chi connectivity index (χ0v) is 11.7. The fourth-order valence-electron chi connectivity index (χ4n) is 2.20. The van der Waals surface area contributed by atoms with E-state index in [1.54, 1.807) is 12.1 Å². The van der Waals surface area contributed by atoms with Crippen LogP contribution in [-0.2, 0) is 6.54 Å². The van der Waals surface area contributed by atoms with E-state index in [0.29, 0.717) is 0 Å². The summed E-state index contributed by atoms with van der Waals surface area (Å²) < 4.78 is 13.2. The van der Waals surface area contributed by atoms with Crippen LogP contribution in [0.1, 0.15) is 35.2 Å². The van der Waals surface area contributed by atoms with Gasteiger partial charge >= 0.3 is 0 Å². The van der Waals surface area contributed by atoms with E-state index in [1.807, 2.05) is 6.07 Å². The summed E-state index contributed by atoms with van der Waals surface area (Å²) in [6, 6.07) is 13.3. The second-order valence-electron chi connectivity index (χ2n) is 5.09. The first-order valence-electron chi connectivity index (χ1n) is 6.61. The molecule has 1 N–H and O–H groups in total. The molecule has 1 atom stereocenters. The monoisotopic (exact) mass is 257 g/mol. The van der Waals surface area contributed by atoms with Crippen molar-refractivity contribution in [1.82, 2.24) is 5.32 Å². The standard InChI is InChI=1S/C17H20FN/c1-12-7-8-16(13(2)9-12)11-19-14(3)15-5-4-6-17(18)10-15/h4-10,14,19H,11H2,1-3H3/t14-/m1/s1. The SMILES string of the molecule is Cc1ccc(CN[C@H](C)c2cccc(F)c2)c(C)c1. The zero-order chi connectivity index (χ0) is 13.8. The summed E-state index contributed by atoms with van der Waals surface area (Å²) >= 11 is 0. The summed E-state index contributed by atoms with van der Waals surface area (Å²) in [5.74, 6) is -0.183. The van der Waals surface area contributed by atoms with Crippen molar-refractivity contribution in [3.63, 3.8) is 0 Å². The number of hydrogen-bond donors (Lipinski definition) is 1. The van der Waals surface area contributed by atoms with Gasteiger partial charge in [0.1, 0.15) is 5.82 Å². The molecule has 0 aliphatic rings. The van der Waals surface area contributed by atoms with Crippen molar-refractivity contribution in [3.05, 3.63) is 70.5 Å². The molecule has 100 valence electrons. The van der Waals surface area contributed by atoms with Crippen LogP contribution < -0.4 is 5.32 Å². The molecule has 0 unspecified atom stereocenters. The molecule has 19 heavy (non-hydrogen) atoms. The summed E-state index contributed by atoms with van der Waals surface area (Å²) in [6.07, 6.45) is 0. The van der Waals surface area contributed by atoms with Crippen molar-refractivity contribution in [1.29, 1.82) is 0 Å². The maximum absolute atomic E-state index is 13.2. The van der Waals surface area contributed by atoms with Crippen molar-refractivity contribution in [2.45, 2.75) is 33.4 Å². The predicted octanol–water partition coefficient (Wildman–Crippen LogP) is 4.29. The molecule has 0 aliphatic heterocycles. The minimum Gasteiger partial charge on any atom is -0.306 e. The maximum Gasteiger partial charge on any atom is 0.123 e. The highest BCUT2D eigenvalue weighted by Crippen LogP contribution is 2.16. The smallest absolute Gasteiger partial charge is 0.123 e. The summed E-state index contributed by atoms with van der Waals surface area (Å²) in [5, 5.41) is 3.44. The fourth-order valence-corrected chi connectivity index (χ4v) is 2.20. The van der Waals surface area contributed by atoms with Crippen LogP contribution in [-0.4, -0.2) is 0 Å². The Labute approximate surface area is 114 Å². The normalized spacial score (nSPS) is 12.4. The Kier molecular flexibility index (Phi) is 4.33. The lowest BCUT2D eigenvalue weighted by molar-refractivity contribution is 0.564. The van der Waals surface area contributed by atoms with Gasteiger partial charge in [0.2, 0.25) is 0 Å². The van der Waals surface area contributed by atoms with E-state index in [9.17, 15) is 4.39 Å². The van der Waals surface area contributed by atoms with Crippen LogP contribution in [0.2, 0.25) is 0 Å². The van der Waals surface area contributed by atoms with Gasteiger partial charge in [0.15, 0.2) is 0 Å². The van der Waals surface area contributed by atoms with Crippen molar-refractivity contribution >= 4 is 0 Å². The lowest BCUT2D eigenvalue weighted by Gasteiger charge is -2.15. The largest absolute Gasteiger partial charge is 0.306 e. The first-order chi connectivity index (χ1) is 9.06. The van der Waals surface area contributed by atoms with Crippen molar-refractivity contribution in [3.8, 4) is 0 Å². The summed E-state index contributed by atoms with van der Waals surface area (Å²) in [4.78, 5) is 0. The van der Waals surface area contributed by atoms with E-state index >= 15 is 0 Å². The van der Waals surface area contributed by atoms with Gasteiger partial charge in [-0.2, -0.15) is 0 Å². The zero-order valence-electron chi connectivity index (χ0n) is 11.7. The number of hydrogen-bond acceptors (Lipinski definition) is 1. The average Bonchev–Trinajstić information content (AvgIpc) is 2.37. The molecule has 0 saturated heterocycles. The van der Waals surface area contributed by atoms with Gasteiger partial charge in [-0.1, -0.05) is 35.9 Å². The molecule has 0 aliphatic carbocycles. The molecule has 2 heteroatoms. The Bertz CT molecular complexity index is 563. The quantitative estimate of drug-likeness (QED) is 0.861. The number of rotatable bonds is 4. The Morgan fingerprint density at radius 2 is 1.89 bits per heavy atom. The molecule has 2 rings (SSSR count). The molecule has 0 saturated carbocycles. The number of benzene rings is 2. The van der Waals surface area contributed by atoms with Crippen LogP contribution in [0, 0.1) is 19.7 Å². The molecule has 0 aromatic heterocycles. The van der Waals surface area contributed by atoms with Gasteiger partial charge < -0.3 is 5.32 Å². The minimum absolute atomic E-state index is 0.136. The van der Waals surface area contributed by atoms with Gasteiger partial charge in [-0.05, 0) is 49.6 Å². The van der Waals surface area contributed by atoms with Gasteiger partial charge in [-0.3, -0.25) is 0 Å². The third-order valence-corrected chi connectivity index (χ3v) is 3.45. The molecular weight excluding hydrogens is 237 g/mol. The van der Waals surface area contributed by atoms with Crippen LogP contribution in [0.4, 0.5) is 4.39 Å². The molecule has 2 aromatic rings. The van der Waals surface area contributed by atoms with E-state index in [2.05, 4.69) is 44.3 Å². The van der Waals surface area contributed by atoms with Crippen LogP contribution in [0.25, 0.3) is 0 Å². The Hall–Kier alpha value is -1.67. The summed E-state index contributed by atoms with van der Waals surface area (Å²) in [5.41, 5.74) is 4.83. The van der Waals surface area contributed by atoms with Crippen molar-refractivity contribution < 1.29 is 4.39 Å². The topological polar surface area (TPSA) is 12.0 Å². The molecule has 2 aromatic carbocycles. The van der Waals surface area contributed by atoms with Crippen LogP contribution in [0.15, 0.2) is 42.5 Å². The highest BCUT2D eigenvalue weighted by molar-refractivity contribution is 5.30. The van der Waals surface area contributed by atoms with Gasteiger partial charge in [-0.25, -0.2) is 4.39 Å². The van der Waals surface area contributed by atoms with E-state index in [0.717, 1.165) is 12.1 Å². The minimum atomic E-state index is -0.183. The second kappa shape index (κ2) is 5.98. The fraction of sp³-hybridized carbons (Fsp3) is 0.294. The van der Waals surface area contributed by atoms with E-state index in [1.165, 1.54) is 22.8 Å². The third-order valence-electron chi connectivity index (χ3n) is 3.45. The Morgan fingerprint density at radius 1 is 1.11 bits per heavy atom. The van der Waals surface area contributed by atoms with Crippen LogP contribution in [0.5, 0.6) is 0 Å². The van der Waals surface area contributed by atoms with E-state index in [-0.39, 0.29) is 11.9 Å². The molecule has 0 spiro atoms. The maximum atomic E-state index is 13.2. The van der Waals surface area contributed by atoms with Crippen LogP contribution >= 0.6 is 0 Å². The Morgan fingerprint density at radius 3 is 2.58 bits per heavy atom. The number of halogens is 1.